The summed E-state index contributed by atoms with van der Waals surface area (Å²) in [6.45, 7) is 0. The Morgan fingerprint density at radius 2 is 1.85 bits per heavy atom. The summed E-state index contributed by atoms with van der Waals surface area (Å²) in [5, 5.41) is 4.91. The van der Waals surface area contributed by atoms with Gasteiger partial charge in [0.05, 0.1) is 22.4 Å². The molecule has 7 heteroatoms. The van der Waals surface area contributed by atoms with Crippen molar-refractivity contribution in [2.45, 2.75) is 0 Å². The number of rotatable bonds is 2. The molecule has 0 unspecified atom stereocenters. The molecule has 0 saturated heterocycles. The molecule has 20 heavy (non-hydrogen) atoms. The largest absolute Gasteiger partial charge is 0.452 e. The maximum absolute atomic E-state index is 6.20. The minimum absolute atomic E-state index is 0.187. The van der Waals surface area contributed by atoms with Crippen molar-refractivity contribution in [1.29, 1.82) is 0 Å². The van der Waals surface area contributed by atoms with Crippen molar-refractivity contribution in [1.82, 2.24) is 5.16 Å². The van der Waals surface area contributed by atoms with Gasteiger partial charge in [0.25, 0.3) is 0 Å². The number of nitrogens with zero attached hydrogens (tertiary/aromatic N) is 1. The molecule has 2 N–H and O–H groups in total. The van der Waals surface area contributed by atoms with Crippen molar-refractivity contribution >= 4 is 40.6 Å². The maximum Gasteiger partial charge on any atom is 0.204 e. The summed E-state index contributed by atoms with van der Waals surface area (Å²) in [6.07, 6.45) is 1.45. The number of aromatic nitrogens is 1. The summed E-state index contributed by atoms with van der Waals surface area (Å²) in [5.74, 6) is 0.604. The number of hydrogen-bond acceptors (Lipinski definition) is 4. The van der Waals surface area contributed by atoms with Gasteiger partial charge >= 0.3 is 0 Å². The van der Waals surface area contributed by atoms with Crippen LogP contribution < -0.4 is 5.73 Å². The van der Waals surface area contributed by atoms with Crippen LogP contribution >= 0.6 is 34.8 Å². The number of nitrogen functional groups attached to an aromatic ring is 1. The average molecular weight is 330 g/mol. The van der Waals surface area contributed by atoms with Crippen LogP contribution in [0.1, 0.15) is 0 Å². The molecule has 1 aromatic carbocycles. The van der Waals surface area contributed by atoms with Gasteiger partial charge in [-0.2, -0.15) is 0 Å². The van der Waals surface area contributed by atoms with E-state index in [0.717, 1.165) is 0 Å². The Hall–Kier alpha value is -1.62. The zero-order valence-electron chi connectivity index (χ0n) is 9.86. The van der Waals surface area contributed by atoms with Crippen molar-refractivity contribution < 1.29 is 8.94 Å². The van der Waals surface area contributed by atoms with E-state index in [2.05, 4.69) is 5.16 Å². The van der Waals surface area contributed by atoms with Crippen LogP contribution in [0.3, 0.4) is 0 Å². The lowest BCUT2D eigenvalue weighted by Crippen LogP contribution is -1.89. The first-order valence-corrected chi connectivity index (χ1v) is 6.65. The van der Waals surface area contributed by atoms with Crippen molar-refractivity contribution in [3.8, 4) is 22.5 Å². The van der Waals surface area contributed by atoms with Gasteiger partial charge in [0, 0.05) is 10.6 Å². The van der Waals surface area contributed by atoms with Crippen molar-refractivity contribution in [2.75, 3.05) is 5.73 Å². The lowest BCUT2D eigenvalue weighted by molar-refractivity contribution is 0.435. The molecular formula is C13H7Cl3N2O2. The molecule has 0 saturated carbocycles. The van der Waals surface area contributed by atoms with Crippen LogP contribution in [0.15, 0.2) is 39.5 Å². The second kappa shape index (κ2) is 5.05. The number of halogens is 3. The molecule has 0 amide bonds. The van der Waals surface area contributed by atoms with Crippen molar-refractivity contribution in [2.24, 2.45) is 0 Å². The number of anilines is 1. The predicted molar refractivity (Wildman–Crippen MR) is 79.1 cm³/mol. The van der Waals surface area contributed by atoms with Crippen LogP contribution in [0.5, 0.6) is 0 Å². The summed E-state index contributed by atoms with van der Waals surface area (Å²) < 4.78 is 10.3. The first-order valence-electron chi connectivity index (χ1n) is 5.52. The Bertz CT molecular complexity index is 780. The number of nitrogens with two attached hydrogens (primary N) is 1. The summed E-state index contributed by atoms with van der Waals surface area (Å²) >= 11 is 18.1. The third-order valence-corrected chi connectivity index (χ3v) is 3.62. The van der Waals surface area contributed by atoms with Gasteiger partial charge in [0.2, 0.25) is 5.22 Å². The fraction of sp³-hybridized carbons (Fsp3) is 0. The fourth-order valence-electron chi connectivity index (χ4n) is 1.89. The minimum Gasteiger partial charge on any atom is -0.452 e. The van der Waals surface area contributed by atoms with Gasteiger partial charge in [-0.15, -0.1) is 0 Å². The number of hydrogen-bond donors (Lipinski definition) is 1. The normalized spacial score (nSPS) is 10.9. The smallest absolute Gasteiger partial charge is 0.204 e. The molecule has 0 aliphatic carbocycles. The molecular weight excluding hydrogens is 323 g/mol. The van der Waals surface area contributed by atoms with Gasteiger partial charge in [-0.25, -0.2) is 0 Å². The molecule has 3 rings (SSSR count). The third-order valence-electron chi connectivity index (χ3n) is 2.78. The standard InChI is InChI=1S/C13H7Cl3N2O2/c14-6-1-2-7(9(15)5-6)10-11(20-18-13(10)17)8-3-4-19-12(8)16/h1-5H,(H2,17,18). The van der Waals surface area contributed by atoms with E-state index >= 15 is 0 Å². The average Bonchev–Trinajstić information content (AvgIpc) is 2.96. The van der Waals surface area contributed by atoms with Crippen LogP contribution in [0, 0.1) is 0 Å². The van der Waals surface area contributed by atoms with Crippen LogP contribution in [-0.2, 0) is 0 Å². The molecule has 0 aliphatic heterocycles. The summed E-state index contributed by atoms with van der Waals surface area (Å²) in [6, 6.07) is 6.72. The van der Waals surface area contributed by atoms with E-state index in [1.165, 1.54) is 6.26 Å². The molecule has 0 aliphatic rings. The quantitative estimate of drug-likeness (QED) is 0.706. The van der Waals surface area contributed by atoms with Crippen LogP contribution in [0.2, 0.25) is 15.3 Å². The topological polar surface area (TPSA) is 65.2 Å². The van der Waals surface area contributed by atoms with Gasteiger partial charge < -0.3 is 14.7 Å². The maximum atomic E-state index is 6.20. The highest BCUT2D eigenvalue weighted by Gasteiger charge is 2.22. The van der Waals surface area contributed by atoms with Gasteiger partial charge in [0.1, 0.15) is 0 Å². The van der Waals surface area contributed by atoms with E-state index in [1.807, 2.05) is 0 Å². The second-order valence-corrected chi connectivity index (χ2v) is 5.19. The molecule has 0 bridgehead atoms. The Labute approximate surface area is 129 Å². The zero-order chi connectivity index (χ0) is 14.3. The molecule has 4 nitrogen and oxygen atoms in total. The predicted octanol–water partition coefficient (Wildman–Crippen LogP) is 5.14. The lowest BCUT2D eigenvalue weighted by atomic mass is 10.0. The highest BCUT2D eigenvalue weighted by atomic mass is 35.5. The van der Waals surface area contributed by atoms with Gasteiger partial charge in [0.15, 0.2) is 11.6 Å². The summed E-state index contributed by atoms with van der Waals surface area (Å²) in [5.41, 5.74) is 7.62. The fourth-order valence-corrected chi connectivity index (χ4v) is 2.60. The molecule has 102 valence electrons. The molecule has 0 fully saturated rings. The van der Waals surface area contributed by atoms with E-state index in [1.54, 1.807) is 24.3 Å². The van der Waals surface area contributed by atoms with E-state index in [-0.39, 0.29) is 11.0 Å². The molecule has 3 aromatic rings. The summed E-state index contributed by atoms with van der Waals surface area (Å²) in [7, 11) is 0. The van der Waals surface area contributed by atoms with Crippen LogP contribution in [-0.4, -0.2) is 5.16 Å². The molecule has 0 atom stereocenters. The first-order chi connectivity index (χ1) is 9.58. The zero-order valence-corrected chi connectivity index (χ0v) is 12.1. The third kappa shape index (κ3) is 2.16. The molecule has 2 aromatic heterocycles. The SMILES string of the molecule is Nc1noc(-c2ccoc2Cl)c1-c1ccc(Cl)cc1Cl. The van der Waals surface area contributed by atoms with Gasteiger partial charge in [-0.3, -0.25) is 0 Å². The van der Waals surface area contributed by atoms with Gasteiger partial charge in [-0.1, -0.05) is 34.4 Å². The second-order valence-electron chi connectivity index (χ2n) is 4.00. The highest BCUT2D eigenvalue weighted by Crippen LogP contribution is 2.42. The minimum atomic E-state index is 0.187. The van der Waals surface area contributed by atoms with Crippen LogP contribution in [0.25, 0.3) is 22.5 Å². The van der Waals surface area contributed by atoms with Crippen molar-refractivity contribution in [3.05, 3.63) is 45.8 Å². The Morgan fingerprint density at radius 3 is 2.50 bits per heavy atom. The highest BCUT2D eigenvalue weighted by molar-refractivity contribution is 6.37. The van der Waals surface area contributed by atoms with E-state index in [4.69, 9.17) is 49.5 Å². The van der Waals surface area contributed by atoms with Crippen molar-refractivity contribution in [3.63, 3.8) is 0 Å². The Kier molecular flexibility index (Phi) is 3.38. The van der Waals surface area contributed by atoms with E-state index < -0.39 is 0 Å². The molecule has 0 radical (unpaired) electrons. The molecule has 0 spiro atoms. The monoisotopic (exact) mass is 328 g/mol. The summed E-state index contributed by atoms with van der Waals surface area (Å²) in [4.78, 5) is 0. The van der Waals surface area contributed by atoms with E-state index in [0.29, 0.717) is 32.5 Å². The Morgan fingerprint density at radius 1 is 1.05 bits per heavy atom. The number of furan rings is 1. The number of benzene rings is 1. The first kappa shape index (κ1) is 13.4. The van der Waals surface area contributed by atoms with Crippen LogP contribution in [0.4, 0.5) is 5.82 Å². The Balaban J connectivity index is 2.24. The molecule has 2 heterocycles. The lowest BCUT2D eigenvalue weighted by Gasteiger charge is -2.04. The van der Waals surface area contributed by atoms with E-state index in [9.17, 15) is 0 Å². The van der Waals surface area contributed by atoms with Gasteiger partial charge in [-0.05, 0) is 29.8 Å².